The van der Waals surface area contributed by atoms with Crippen LogP contribution in [0.4, 0.5) is 5.82 Å². The van der Waals surface area contributed by atoms with Crippen molar-refractivity contribution in [2.24, 2.45) is 0 Å². The van der Waals surface area contributed by atoms with Gasteiger partial charge in [0, 0.05) is 41.9 Å². The Morgan fingerprint density at radius 1 is 1.41 bits per heavy atom. The van der Waals surface area contributed by atoms with Crippen molar-refractivity contribution in [2.45, 2.75) is 39.3 Å². The number of hydrogen-bond acceptors (Lipinski definition) is 3. The lowest BCUT2D eigenvalue weighted by Crippen LogP contribution is -2.26. The fourth-order valence-corrected chi connectivity index (χ4v) is 2.51. The Hall–Kier alpha value is -0.610. The van der Waals surface area contributed by atoms with Crippen molar-refractivity contribution in [3.05, 3.63) is 22.3 Å². The smallest absolute Gasteiger partial charge is 0.133 e. The Balaban J connectivity index is 2.17. The van der Waals surface area contributed by atoms with Gasteiger partial charge in [-0.05, 0) is 34.8 Å². The first-order valence-electron chi connectivity index (χ1n) is 6.29. The van der Waals surface area contributed by atoms with Gasteiger partial charge in [-0.1, -0.05) is 13.8 Å². The summed E-state index contributed by atoms with van der Waals surface area (Å²) in [6, 6.07) is 2.68. The maximum absolute atomic E-state index is 4.58. The first kappa shape index (κ1) is 12.8. The van der Waals surface area contributed by atoms with Crippen LogP contribution in [-0.2, 0) is 6.54 Å². The molecule has 94 valence electrons. The molecule has 1 aliphatic rings. The van der Waals surface area contributed by atoms with E-state index in [4.69, 9.17) is 0 Å². The van der Waals surface area contributed by atoms with Crippen LogP contribution >= 0.6 is 15.9 Å². The van der Waals surface area contributed by atoms with Crippen LogP contribution in [0, 0.1) is 0 Å². The Morgan fingerprint density at radius 2 is 2.12 bits per heavy atom. The average molecular weight is 298 g/mol. The summed E-state index contributed by atoms with van der Waals surface area (Å²) in [7, 11) is 0. The summed E-state index contributed by atoms with van der Waals surface area (Å²) in [5.41, 5.74) is 1.29. The number of aromatic nitrogens is 1. The highest BCUT2D eigenvalue weighted by Gasteiger charge is 2.17. The van der Waals surface area contributed by atoms with E-state index in [2.05, 4.69) is 51.0 Å². The summed E-state index contributed by atoms with van der Waals surface area (Å²) in [6.45, 7) is 7.50. The Labute approximate surface area is 112 Å². The van der Waals surface area contributed by atoms with Crippen LogP contribution < -0.4 is 10.2 Å². The topological polar surface area (TPSA) is 28.2 Å². The molecule has 4 heteroatoms. The molecule has 1 saturated heterocycles. The second-order valence-electron chi connectivity index (χ2n) is 4.87. The first-order chi connectivity index (χ1) is 8.16. The lowest BCUT2D eigenvalue weighted by Gasteiger charge is -2.21. The zero-order valence-electron chi connectivity index (χ0n) is 10.5. The predicted molar refractivity (Wildman–Crippen MR) is 75.4 cm³/mol. The molecule has 0 radical (unpaired) electrons. The maximum atomic E-state index is 4.58. The van der Waals surface area contributed by atoms with Crippen LogP contribution in [0.15, 0.2) is 16.7 Å². The van der Waals surface area contributed by atoms with Crippen molar-refractivity contribution >= 4 is 21.7 Å². The summed E-state index contributed by atoms with van der Waals surface area (Å²) in [5.74, 6) is 1.15. The van der Waals surface area contributed by atoms with Gasteiger partial charge in [-0.2, -0.15) is 0 Å². The van der Waals surface area contributed by atoms with E-state index in [1.807, 2.05) is 6.20 Å². The van der Waals surface area contributed by atoms with Gasteiger partial charge >= 0.3 is 0 Å². The summed E-state index contributed by atoms with van der Waals surface area (Å²) in [4.78, 5) is 6.97. The van der Waals surface area contributed by atoms with E-state index in [0.29, 0.717) is 6.04 Å². The molecule has 17 heavy (non-hydrogen) atoms. The van der Waals surface area contributed by atoms with Crippen LogP contribution in [0.25, 0.3) is 0 Å². The van der Waals surface area contributed by atoms with Crippen molar-refractivity contribution in [1.29, 1.82) is 0 Å². The molecule has 0 spiro atoms. The van der Waals surface area contributed by atoms with Crippen molar-refractivity contribution in [3.63, 3.8) is 0 Å². The lowest BCUT2D eigenvalue weighted by molar-refractivity contribution is 0.587. The number of nitrogens with one attached hydrogen (secondary N) is 1. The second kappa shape index (κ2) is 5.83. The van der Waals surface area contributed by atoms with Gasteiger partial charge in [-0.25, -0.2) is 4.98 Å². The minimum Gasteiger partial charge on any atom is -0.356 e. The molecule has 0 aromatic carbocycles. The van der Waals surface area contributed by atoms with Gasteiger partial charge in [0.1, 0.15) is 5.82 Å². The normalized spacial score (nSPS) is 15.9. The van der Waals surface area contributed by atoms with Gasteiger partial charge in [-0.15, -0.1) is 0 Å². The molecular weight excluding hydrogens is 278 g/mol. The fraction of sp³-hybridized carbons (Fsp3) is 0.615. The molecule has 0 aliphatic carbocycles. The summed E-state index contributed by atoms with van der Waals surface area (Å²) in [5, 5.41) is 3.47. The standard InChI is InChI=1S/C13H20BrN3/c1-10(2)15-8-11-7-12(14)9-16-13(11)17-5-3-4-6-17/h7,9-10,15H,3-6,8H2,1-2H3. The second-order valence-corrected chi connectivity index (χ2v) is 5.78. The predicted octanol–water partition coefficient (Wildman–Crippen LogP) is 2.94. The molecule has 0 unspecified atom stereocenters. The highest BCUT2D eigenvalue weighted by molar-refractivity contribution is 9.10. The van der Waals surface area contributed by atoms with Crippen LogP contribution in [0.1, 0.15) is 32.3 Å². The highest BCUT2D eigenvalue weighted by Crippen LogP contribution is 2.24. The molecule has 1 N–H and O–H groups in total. The van der Waals surface area contributed by atoms with E-state index in [1.54, 1.807) is 0 Å². The van der Waals surface area contributed by atoms with Crippen molar-refractivity contribution in [3.8, 4) is 0 Å². The van der Waals surface area contributed by atoms with Crippen LogP contribution in [-0.4, -0.2) is 24.1 Å². The van der Waals surface area contributed by atoms with Gasteiger partial charge in [0.15, 0.2) is 0 Å². The minimum absolute atomic E-state index is 0.500. The van der Waals surface area contributed by atoms with E-state index in [1.165, 1.54) is 18.4 Å². The van der Waals surface area contributed by atoms with Crippen LogP contribution in [0.2, 0.25) is 0 Å². The maximum Gasteiger partial charge on any atom is 0.133 e. The fourth-order valence-electron chi connectivity index (χ4n) is 2.13. The Bertz CT molecular complexity index is 373. The molecule has 0 bridgehead atoms. The van der Waals surface area contributed by atoms with Gasteiger partial charge in [0.05, 0.1) is 0 Å². The summed E-state index contributed by atoms with van der Waals surface area (Å²) >= 11 is 3.50. The molecule has 1 aromatic rings. The molecular formula is C13H20BrN3. The number of pyridine rings is 1. The van der Waals surface area contributed by atoms with E-state index < -0.39 is 0 Å². The molecule has 1 fully saturated rings. The summed E-state index contributed by atoms with van der Waals surface area (Å²) in [6.07, 6.45) is 4.47. The molecule has 1 aliphatic heterocycles. The third-order valence-corrected chi connectivity index (χ3v) is 3.45. The molecule has 0 saturated carbocycles. The number of hydrogen-bond donors (Lipinski definition) is 1. The highest BCUT2D eigenvalue weighted by atomic mass is 79.9. The van der Waals surface area contributed by atoms with Crippen LogP contribution in [0.3, 0.4) is 0 Å². The molecule has 3 nitrogen and oxygen atoms in total. The first-order valence-corrected chi connectivity index (χ1v) is 7.09. The SMILES string of the molecule is CC(C)NCc1cc(Br)cnc1N1CCCC1. The minimum atomic E-state index is 0.500. The van der Waals surface area contributed by atoms with Gasteiger partial charge in [-0.3, -0.25) is 0 Å². The zero-order chi connectivity index (χ0) is 12.3. The molecule has 0 atom stereocenters. The number of nitrogens with zero attached hydrogens (tertiary/aromatic N) is 2. The molecule has 2 rings (SSSR count). The Morgan fingerprint density at radius 3 is 2.76 bits per heavy atom. The number of anilines is 1. The monoisotopic (exact) mass is 297 g/mol. The number of halogens is 1. The summed E-state index contributed by atoms with van der Waals surface area (Å²) < 4.78 is 1.06. The quantitative estimate of drug-likeness (QED) is 0.926. The molecule has 1 aromatic heterocycles. The lowest BCUT2D eigenvalue weighted by atomic mass is 10.2. The van der Waals surface area contributed by atoms with E-state index in [0.717, 1.165) is 29.9 Å². The van der Waals surface area contributed by atoms with Crippen molar-refractivity contribution < 1.29 is 0 Å². The van der Waals surface area contributed by atoms with Gasteiger partial charge in [0.25, 0.3) is 0 Å². The zero-order valence-corrected chi connectivity index (χ0v) is 12.1. The van der Waals surface area contributed by atoms with Crippen molar-refractivity contribution in [2.75, 3.05) is 18.0 Å². The molecule has 0 amide bonds. The average Bonchev–Trinajstić information content (AvgIpc) is 2.80. The largest absolute Gasteiger partial charge is 0.356 e. The van der Waals surface area contributed by atoms with E-state index in [9.17, 15) is 0 Å². The third-order valence-electron chi connectivity index (χ3n) is 3.02. The number of rotatable bonds is 4. The molecule has 2 heterocycles. The van der Waals surface area contributed by atoms with E-state index >= 15 is 0 Å². The van der Waals surface area contributed by atoms with Gasteiger partial charge < -0.3 is 10.2 Å². The van der Waals surface area contributed by atoms with Gasteiger partial charge in [0.2, 0.25) is 0 Å². The Kier molecular flexibility index (Phi) is 4.40. The third kappa shape index (κ3) is 3.42. The van der Waals surface area contributed by atoms with Crippen molar-refractivity contribution in [1.82, 2.24) is 10.3 Å². The van der Waals surface area contributed by atoms with Crippen LogP contribution in [0.5, 0.6) is 0 Å². The van der Waals surface area contributed by atoms with E-state index in [-0.39, 0.29) is 0 Å².